The molecule has 1 saturated carbocycles. The molecule has 1 fully saturated rings. The second-order valence-electron chi connectivity index (χ2n) is 11.8. The zero-order valence-electron chi connectivity index (χ0n) is 25.8. The van der Waals surface area contributed by atoms with E-state index in [9.17, 15) is 4.79 Å². The first-order valence-electron chi connectivity index (χ1n) is 15.1. The molecule has 0 spiro atoms. The minimum Gasteiger partial charge on any atom is -0.488 e. The molecule has 1 aliphatic heterocycles. The van der Waals surface area contributed by atoms with Gasteiger partial charge < -0.3 is 29.9 Å². The van der Waals surface area contributed by atoms with Crippen molar-refractivity contribution in [2.75, 3.05) is 50.5 Å². The first kappa shape index (κ1) is 29.4. The van der Waals surface area contributed by atoms with Crippen LogP contribution in [-0.2, 0) is 4.79 Å². The minimum absolute atomic E-state index is 0.0468. The normalized spacial score (nSPS) is 17.1. The highest BCUT2D eigenvalue weighted by molar-refractivity contribution is 5.96. The van der Waals surface area contributed by atoms with Crippen LogP contribution in [-0.4, -0.2) is 81.8 Å². The molecule has 3 aromatic heterocycles. The Balaban J connectivity index is 1.12. The summed E-state index contributed by atoms with van der Waals surface area (Å²) in [6.07, 6.45) is 8.98. The molecule has 2 N–H and O–H groups in total. The summed E-state index contributed by atoms with van der Waals surface area (Å²) in [6.45, 7) is 4.02. The molecule has 12 nitrogen and oxygen atoms in total. The third kappa shape index (κ3) is 6.13. The lowest BCUT2D eigenvalue weighted by Crippen LogP contribution is -2.36. The van der Waals surface area contributed by atoms with Gasteiger partial charge in [0.2, 0.25) is 5.91 Å². The maximum Gasteiger partial charge on any atom is 0.243 e. The predicted molar refractivity (Wildman–Crippen MR) is 172 cm³/mol. The summed E-state index contributed by atoms with van der Waals surface area (Å²) < 4.78 is 30.6. The van der Waals surface area contributed by atoms with Crippen LogP contribution in [0.5, 0.6) is 17.2 Å². The zero-order valence-corrected chi connectivity index (χ0v) is 25.8. The van der Waals surface area contributed by atoms with Crippen LogP contribution in [0.3, 0.4) is 0 Å². The van der Waals surface area contributed by atoms with E-state index in [1.54, 1.807) is 22.9 Å². The lowest BCUT2D eigenvalue weighted by molar-refractivity contribution is -0.116. The summed E-state index contributed by atoms with van der Waals surface area (Å²) in [4.78, 5) is 29.3. The van der Waals surface area contributed by atoms with E-state index in [0.717, 1.165) is 12.0 Å². The highest BCUT2D eigenvalue weighted by Crippen LogP contribution is 2.47. The van der Waals surface area contributed by atoms with Crippen molar-refractivity contribution in [2.24, 2.45) is 5.92 Å². The van der Waals surface area contributed by atoms with Gasteiger partial charge >= 0.3 is 0 Å². The summed E-state index contributed by atoms with van der Waals surface area (Å²) in [5, 5.41) is 10.6. The van der Waals surface area contributed by atoms with Gasteiger partial charge in [0.05, 0.1) is 10.9 Å². The number of aromatic nitrogens is 5. The van der Waals surface area contributed by atoms with Crippen molar-refractivity contribution >= 4 is 39.6 Å². The number of hydrogen-bond acceptors (Lipinski definition) is 10. The molecule has 236 valence electrons. The van der Waals surface area contributed by atoms with Crippen molar-refractivity contribution in [2.45, 2.75) is 19.4 Å². The van der Waals surface area contributed by atoms with Gasteiger partial charge in [-0.2, -0.15) is 5.10 Å². The number of amides is 1. The molecular weight excluding hydrogens is 589 g/mol. The number of hydrogen-bond donors (Lipinski definition) is 2. The monoisotopic (exact) mass is 623 g/mol. The summed E-state index contributed by atoms with van der Waals surface area (Å²) in [6, 6.07) is 11.0. The van der Waals surface area contributed by atoms with Gasteiger partial charge in [0, 0.05) is 62.2 Å². The van der Waals surface area contributed by atoms with E-state index in [1.165, 1.54) is 18.7 Å². The van der Waals surface area contributed by atoms with Crippen molar-refractivity contribution in [3.63, 3.8) is 0 Å². The van der Waals surface area contributed by atoms with E-state index in [0.29, 0.717) is 77.7 Å². The molecule has 0 saturated heterocycles. The number of halogens is 1. The second-order valence-corrected chi connectivity index (χ2v) is 11.8. The van der Waals surface area contributed by atoms with Crippen LogP contribution in [0.4, 0.5) is 21.6 Å². The van der Waals surface area contributed by atoms with Gasteiger partial charge in [-0.15, -0.1) is 0 Å². The number of pyridine rings is 1. The molecule has 1 amide bonds. The van der Waals surface area contributed by atoms with Crippen molar-refractivity contribution < 1.29 is 18.7 Å². The number of carbonyl (C=O) groups is 1. The molecule has 13 heteroatoms. The number of benzene rings is 2. The van der Waals surface area contributed by atoms with Crippen molar-refractivity contribution in [3.8, 4) is 17.2 Å². The lowest BCUT2D eigenvalue weighted by Gasteiger charge is -2.26. The number of carbonyl (C=O) groups excluding carboxylic acids is 1. The van der Waals surface area contributed by atoms with E-state index in [-0.39, 0.29) is 17.4 Å². The lowest BCUT2D eigenvalue weighted by atomic mass is 10.1. The van der Waals surface area contributed by atoms with Gasteiger partial charge in [0.25, 0.3) is 0 Å². The quantitative estimate of drug-likeness (QED) is 0.216. The number of nitrogens with one attached hydrogen (secondary N) is 2. The van der Waals surface area contributed by atoms with E-state index < -0.39 is 5.82 Å². The Morgan fingerprint density at radius 1 is 1.17 bits per heavy atom. The molecule has 0 bridgehead atoms. The summed E-state index contributed by atoms with van der Waals surface area (Å²) in [5.74, 6) is 1.76. The van der Waals surface area contributed by atoms with E-state index in [1.807, 2.05) is 61.2 Å². The summed E-state index contributed by atoms with van der Waals surface area (Å²) in [7, 11) is 3.87. The SMILES string of the molecule is Cc1cc(Nc2ncnc3cc4c(c(F)c23)N(CCNC(=O)/C=C/CN(C)C)C[C@@H]2CC2O4)ccc1Oc1ccn2ncnc2c1. The van der Waals surface area contributed by atoms with E-state index in [4.69, 9.17) is 9.47 Å². The molecule has 46 heavy (non-hydrogen) atoms. The van der Waals surface area contributed by atoms with Crippen molar-refractivity contribution in [3.05, 3.63) is 78.8 Å². The van der Waals surface area contributed by atoms with Crippen LogP contribution in [0, 0.1) is 18.7 Å². The molecular formula is C33H34FN9O3. The number of aryl methyl sites for hydroxylation is 1. The van der Waals surface area contributed by atoms with E-state index >= 15 is 4.39 Å². The summed E-state index contributed by atoms with van der Waals surface area (Å²) >= 11 is 0. The Morgan fingerprint density at radius 3 is 2.91 bits per heavy atom. The molecule has 7 rings (SSSR count). The van der Waals surface area contributed by atoms with Gasteiger partial charge in [-0.05, 0) is 57.3 Å². The predicted octanol–water partition coefficient (Wildman–Crippen LogP) is 4.48. The Hall–Kier alpha value is -5.30. The van der Waals surface area contributed by atoms with Gasteiger partial charge in [-0.25, -0.2) is 23.9 Å². The Labute approximate surface area is 264 Å². The molecule has 2 aromatic carbocycles. The maximum absolute atomic E-state index is 16.6. The fourth-order valence-electron chi connectivity index (χ4n) is 5.63. The smallest absolute Gasteiger partial charge is 0.243 e. The first-order valence-corrected chi connectivity index (χ1v) is 15.1. The number of nitrogens with zero attached hydrogens (tertiary/aromatic N) is 7. The molecule has 1 unspecified atom stereocenters. The molecule has 1 aliphatic carbocycles. The standard InChI is InChI=1S/C33H34FN9O3/c1-20-13-22(6-7-25(20)45-23-8-11-43-28(15-23)37-19-39-43)40-33-30-24(36-18-38-33)16-27-32(31(30)34)42(17-21-14-26(21)46-27)12-9-35-29(44)5-4-10-41(2)3/h4-8,11,13,15-16,18-19,21,26H,9-10,12,14,17H2,1-3H3,(H,35,44)(H,36,38,40)/b5-4+/t21-,26?/m0/s1. The van der Waals surface area contributed by atoms with Crippen molar-refractivity contribution in [1.29, 1.82) is 0 Å². The fourth-order valence-corrected chi connectivity index (χ4v) is 5.63. The average Bonchev–Trinajstić information content (AvgIpc) is 3.60. The highest BCUT2D eigenvalue weighted by Gasteiger charge is 2.44. The number of ether oxygens (including phenoxy) is 2. The fraction of sp³-hybridized carbons (Fsp3) is 0.303. The maximum atomic E-state index is 16.6. The highest BCUT2D eigenvalue weighted by atomic mass is 19.1. The van der Waals surface area contributed by atoms with Crippen LogP contribution in [0.25, 0.3) is 16.6 Å². The number of anilines is 3. The number of likely N-dealkylation sites (N-methyl/N-ethyl adjacent to an activating group) is 1. The second kappa shape index (κ2) is 12.2. The van der Waals surface area contributed by atoms with Crippen molar-refractivity contribution in [1.82, 2.24) is 34.8 Å². The van der Waals surface area contributed by atoms with Crippen LogP contribution in [0.1, 0.15) is 12.0 Å². The third-order valence-corrected chi connectivity index (χ3v) is 8.05. The van der Waals surface area contributed by atoms with Gasteiger partial charge in [0.1, 0.15) is 47.5 Å². The molecule has 5 aromatic rings. The van der Waals surface area contributed by atoms with Crippen LogP contribution in [0.15, 0.2) is 67.4 Å². The molecule has 4 heterocycles. The average molecular weight is 624 g/mol. The van der Waals surface area contributed by atoms with Crippen LogP contribution >= 0.6 is 0 Å². The van der Waals surface area contributed by atoms with Crippen LogP contribution in [0.2, 0.25) is 0 Å². The molecule has 0 radical (unpaired) electrons. The molecule has 2 atom stereocenters. The van der Waals surface area contributed by atoms with E-state index in [2.05, 4.69) is 30.7 Å². The Bertz CT molecular complexity index is 1960. The molecule has 2 aliphatic rings. The van der Waals surface area contributed by atoms with Gasteiger partial charge in [0.15, 0.2) is 11.5 Å². The number of fused-ring (bicyclic) bond motifs is 4. The third-order valence-electron chi connectivity index (χ3n) is 8.05. The first-order chi connectivity index (χ1) is 22.3. The minimum atomic E-state index is -0.463. The summed E-state index contributed by atoms with van der Waals surface area (Å²) in [5.41, 5.74) is 3.07. The number of rotatable bonds is 10. The van der Waals surface area contributed by atoms with Gasteiger partial charge in [-0.3, -0.25) is 4.79 Å². The Morgan fingerprint density at radius 2 is 2.07 bits per heavy atom. The van der Waals surface area contributed by atoms with Crippen LogP contribution < -0.4 is 25.0 Å². The zero-order chi connectivity index (χ0) is 31.8. The largest absolute Gasteiger partial charge is 0.488 e. The van der Waals surface area contributed by atoms with Gasteiger partial charge in [-0.1, -0.05) is 6.08 Å². The Kier molecular flexibility index (Phi) is 7.83. The topological polar surface area (TPSA) is 122 Å².